The maximum atomic E-state index is 13.5. The van der Waals surface area contributed by atoms with Gasteiger partial charge in [-0.1, -0.05) is 6.07 Å². The second-order valence-electron chi connectivity index (χ2n) is 5.88. The van der Waals surface area contributed by atoms with Gasteiger partial charge in [0, 0.05) is 11.9 Å². The number of nitrogens with zero attached hydrogens (tertiary/aromatic N) is 3. The third-order valence-electron chi connectivity index (χ3n) is 4.17. The molecular weight excluding hydrogens is 327 g/mol. The number of amides is 1. The summed E-state index contributed by atoms with van der Waals surface area (Å²) in [6, 6.07) is 8.18. The van der Waals surface area contributed by atoms with E-state index < -0.39 is 11.4 Å². The van der Waals surface area contributed by atoms with Crippen molar-refractivity contribution in [3.63, 3.8) is 0 Å². The lowest BCUT2D eigenvalue weighted by atomic mass is 9.89. The van der Waals surface area contributed by atoms with Crippen LogP contribution < -0.4 is 5.73 Å². The van der Waals surface area contributed by atoms with E-state index in [1.807, 2.05) is 24.4 Å². The third kappa shape index (κ3) is 2.65. The van der Waals surface area contributed by atoms with Gasteiger partial charge in [-0.15, -0.1) is 11.3 Å². The highest BCUT2D eigenvalue weighted by atomic mass is 32.1. The number of hydrogen-bond donors (Lipinski definition) is 1. The number of halogens is 1. The summed E-state index contributed by atoms with van der Waals surface area (Å²) in [7, 11) is 1.60. The minimum atomic E-state index is -0.722. The molecule has 0 saturated carbocycles. The molecule has 122 valence electrons. The number of carbonyl (C=O) groups is 1. The summed E-state index contributed by atoms with van der Waals surface area (Å²) in [5.74, 6) is -0.440. The standard InChI is InChI=1S/C17H15FN4OS/c1-17(7-15(23)22(2)16(20)21-17)12-6-14(24-9-12)10-3-4-13(18)11(5-10)8-19/h3-6,9H,7H2,1-2H3,(H2,20,21)/t17-/m1/s1. The Hall–Kier alpha value is -2.72. The summed E-state index contributed by atoms with van der Waals surface area (Å²) >= 11 is 1.46. The van der Waals surface area contributed by atoms with Crippen LogP contribution in [0, 0.1) is 17.1 Å². The van der Waals surface area contributed by atoms with Crippen LogP contribution in [0.25, 0.3) is 10.4 Å². The zero-order chi connectivity index (χ0) is 17.5. The van der Waals surface area contributed by atoms with E-state index >= 15 is 0 Å². The number of nitriles is 1. The summed E-state index contributed by atoms with van der Waals surface area (Å²) in [5.41, 5.74) is 6.74. The first-order valence-corrected chi connectivity index (χ1v) is 8.13. The van der Waals surface area contributed by atoms with Gasteiger partial charge in [0.25, 0.3) is 0 Å². The van der Waals surface area contributed by atoms with E-state index in [1.165, 1.54) is 28.4 Å². The van der Waals surface area contributed by atoms with E-state index in [9.17, 15) is 9.18 Å². The highest BCUT2D eigenvalue weighted by Crippen LogP contribution is 2.38. The molecule has 0 saturated heterocycles. The Morgan fingerprint density at radius 1 is 1.46 bits per heavy atom. The van der Waals surface area contributed by atoms with Gasteiger partial charge in [0.1, 0.15) is 11.9 Å². The maximum absolute atomic E-state index is 13.5. The van der Waals surface area contributed by atoms with Crippen LogP contribution in [0.1, 0.15) is 24.5 Å². The van der Waals surface area contributed by atoms with Gasteiger partial charge < -0.3 is 5.73 Å². The molecule has 0 aliphatic carbocycles. The Kier molecular flexibility index (Phi) is 3.85. The van der Waals surface area contributed by atoms with Crippen LogP contribution in [0.5, 0.6) is 0 Å². The van der Waals surface area contributed by atoms with E-state index in [4.69, 9.17) is 11.0 Å². The van der Waals surface area contributed by atoms with E-state index in [-0.39, 0.29) is 23.9 Å². The number of thiophene rings is 1. The number of guanidine groups is 1. The van der Waals surface area contributed by atoms with Gasteiger partial charge in [-0.05, 0) is 41.6 Å². The van der Waals surface area contributed by atoms with Crippen LogP contribution in [0.2, 0.25) is 0 Å². The lowest BCUT2D eigenvalue weighted by Crippen LogP contribution is -2.47. The first-order valence-electron chi connectivity index (χ1n) is 7.25. The van der Waals surface area contributed by atoms with Crippen LogP contribution in [-0.4, -0.2) is 23.8 Å². The zero-order valence-corrected chi connectivity index (χ0v) is 14.0. The summed E-state index contributed by atoms with van der Waals surface area (Å²) in [6.45, 7) is 1.86. The molecule has 1 amide bonds. The molecular formula is C17H15FN4OS. The molecule has 24 heavy (non-hydrogen) atoms. The molecule has 0 radical (unpaired) electrons. The fourth-order valence-electron chi connectivity index (χ4n) is 2.61. The van der Waals surface area contributed by atoms with E-state index in [1.54, 1.807) is 13.1 Å². The van der Waals surface area contributed by atoms with Crippen LogP contribution in [0.3, 0.4) is 0 Å². The summed E-state index contributed by atoms with van der Waals surface area (Å²) in [4.78, 5) is 18.8. The molecule has 0 bridgehead atoms. The molecule has 2 heterocycles. The van der Waals surface area contributed by atoms with E-state index in [2.05, 4.69) is 4.99 Å². The van der Waals surface area contributed by atoms with Crippen molar-refractivity contribution in [1.29, 1.82) is 5.26 Å². The predicted molar refractivity (Wildman–Crippen MR) is 90.8 cm³/mol. The third-order valence-corrected chi connectivity index (χ3v) is 5.15. The quantitative estimate of drug-likeness (QED) is 0.911. The van der Waals surface area contributed by atoms with Gasteiger partial charge in [-0.2, -0.15) is 5.26 Å². The molecule has 0 unspecified atom stereocenters. The van der Waals surface area contributed by atoms with Gasteiger partial charge in [0.2, 0.25) is 5.91 Å². The summed E-state index contributed by atoms with van der Waals surface area (Å²) in [6.07, 6.45) is 0.229. The smallest absolute Gasteiger partial charge is 0.231 e. The molecule has 1 atom stereocenters. The molecule has 7 heteroatoms. The molecule has 3 rings (SSSR count). The molecule has 1 aliphatic rings. The maximum Gasteiger partial charge on any atom is 0.231 e. The topological polar surface area (TPSA) is 82.5 Å². The Balaban J connectivity index is 2.00. The molecule has 0 spiro atoms. The SMILES string of the molecule is CN1C(=O)C[C@](C)(c2csc(-c3ccc(F)c(C#N)c3)c2)N=C1N. The van der Waals surface area contributed by atoms with Crippen molar-refractivity contribution in [3.8, 4) is 16.5 Å². The fourth-order valence-corrected chi connectivity index (χ4v) is 3.64. The second kappa shape index (κ2) is 5.73. The molecule has 2 N–H and O–H groups in total. The van der Waals surface area contributed by atoms with Gasteiger partial charge in [-0.3, -0.25) is 9.69 Å². The molecule has 5 nitrogen and oxygen atoms in total. The average Bonchev–Trinajstić information content (AvgIpc) is 3.04. The average molecular weight is 342 g/mol. The van der Waals surface area contributed by atoms with Crippen molar-refractivity contribution in [2.75, 3.05) is 7.05 Å². The molecule has 2 aromatic rings. The number of nitrogens with two attached hydrogens (primary N) is 1. The number of benzene rings is 1. The predicted octanol–water partition coefficient (Wildman–Crippen LogP) is 2.82. The van der Waals surface area contributed by atoms with Crippen LogP contribution in [-0.2, 0) is 10.3 Å². The highest BCUT2D eigenvalue weighted by Gasteiger charge is 2.36. The largest absolute Gasteiger partial charge is 0.369 e. The molecule has 1 aromatic carbocycles. The van der Waals surface area contributed by atoms with Crippen molar-refractivity contribution in [2.24, 2.45) is 10.7 Å². The lowest BCUT2D eigenvalue weighted by Gasteiger charge is -2.32. The van der Waals surface area contributed by atoms with Gasteiger partial charge in [0.15, 0.2) is 5.96 Å². The van der Waals surface area contributed by atoms with Crippen LogP contribution in [0.15, 0.2) is 34.6 Å². The number of carbonyl (C=O) groups excluding carboxylic acids is 1. The Bertz CT molecular complexity index is 898. The van der Waals surface area contributed by atoms with Crippen molar-refractivity contribution < 1.29 is 9.18 Å². The Labute approximate surface area is 142 Å². The number of aliphatic imine (C=N–C) groups is 1. The van der Waals surface area contributed by atoms with Gasteiger partial charge in [0.05, 0.1) is 17.5 Å². The van der Waals surface area contributed by atoms with Crippen molar-refractivity contribution >= 4 is 23.2 Å². The molecule has 0 fully saturated rings. The van der Waals surface area contributed by atoms with Crippen molar-refractivity contribution in [1.82, 2.24) is 4.90 Å². The van der Waals surface area contributed by atoms with Crippen molar-refractivity contribution in [3.05, 3.63) is 46.6 Å². The first-order chi connectivity index (χ1) is 11.3. The number of rotatable bonds is 2. The first kappa shape index (κ1) is 16.1. The fraction of sp³-hybridized carbons (Fsp3) is 0.235. The lowest BCUT2D eigenvalue weighted by molar-refractivity contribution is -0.128. The summed E-state index contributed by atoms with van der Waals surface area (Å²) < 4.78 is 13.5. The monoisotopic (exact) mass is 342 g/mol. The van der Waals surface area contributed by atoms with Gasteiger partial charge >= 0.3 is 0 Å². The highest BCUT2D eigenvalue weighted by molar-refractivity contribution is 7.13. The van der Waals surface area contributed by atoms with E-state index in [0.29, 0.717) is 0 Å². The second-order valence-corrected chi connectivity index (χ2v) is 6.79. The minimum Gasteiger partial charge on any atom is -0.369 e. The minimum absolute atomic E-state index is 0.00500. The van der Waals surface area contributed by atoms with E-state index in [0.717, 1.165) is 16.0 Å². The number of hydrogen-bond acceptors (Lipinski definition) is 5. The normalized spacial score (nSPS) is 20.7. The molecule has 1 aliphatic heterocycles. The molecule has 1 aromatic heterocycles. The van der Waals surface area contributed by atoms with Gasteiger partial charge in [-0.25, -0.2) is 9.38 Å². The van der Waals surface area contributed by atoms with Crippen molar-refractivity contribution in [2.45, 2.75) is 18.9 Å². The van der Waals surface area contributed by atoms with Crippen LogP contribution >= 0.6 is 11.3 Å². The van der Waals surface area contributed by atoms with Crippen LogP contribution in [0.4, 0.5) is 4.39 Å². The Morgan fingerprint density at radius 3 is 2.88 bits per heavy atom. The Morgan fingerprint density at radius 2 is 2.21 bits per heavy atom. The summed E-state index contributed by atoms with van der Waals surface area (Å²) in [5, 5.41) is 10.9. The zero-order valence-electron chi connectivity index (χ0n) is 13.2.